The number of hydrogen-bond acceptors (Lipinski definition) is 3. The molecule has 0 fully saturated rings. The summed E-state index contributed by atoms with van der Waals surface area (Å²) in [6.45, 7) is 9.16. The molecule has 1 aliphatic rings. The van der Waals surface area contributed by atoms with Crippen LogP contribution >= 0.6 is 0 Å². The van der Waals surface area contributed by atoms with E-state index in [9.17, 15) is 9.59 Å². The Bertz CT molecular complexity index is 811. The fourth-order valence-electron chi connectivity index (χ4n) is 3.30. The molecule has 2 N–H and O–H groups in total. The maximum atomic E-state index is 12.8. The summed E-state index contributed by atoms with van der Waals surface area (Å²) in [5.74, 6) is 0.785. The van der Waals surface area contributed by atoms with E-state index in [0.29, 0.717) is 31.4 Å². The number of anilines is 1. The van der Waals surface area contributed by atoms with Gasteiger partial charge in [-0.2, -0.15) is 0 Å². The van der Waals surface area contributed by atoms with Crippen LogP contribution in [0.25, 0.3) is 11.0 Å². The Labute approximate surface area is 153 Å². The molecule has 0 bridgehead atoms. The summed E-state index contributed by atoms with van der Waals surface area (Å²) in [7, 11) is 0. The van der Waals surface area contributed by atoms with Crippen LogP contribution in [-0.2, 0) is 11.3 Å². The third kappa shape index (κ3) is 3.66. The Kier molecular flexibility index (Phi) is 5.15. The summed E-state index contributed by atoms with van der Waals surface area (Å²) in [6.07, 6.45) is 0.592. The molecule has 140 valence electrons. The average molecular weight is 357 g/mol. The van der Waals surface area contributed by atoms with E-state index in [2.05, 4.69) is 15.6 Å². The minimum Gasteiger partial charge on any atom is -0.352 e. The van der Waals surface area contributed by atoms with Crippen molar-refractivity contribution in [3.63, 3.8) is 0 Å². The highest BCUT2D eigenvalue weighted by Gasteiger charge is 2.31. The monoisotopic (exact) mass is 357 g/mol. The molecular formula is C19H27N5O2. The first-order chi connectivity index (χ1) is 12.4. The predicted molar refractivity (Wildman–Crippen MR) is 102 cm³/mol. The number of nitrogens with zero attached hydrogens (tertiary/aromatic N) is 3. The third-order valence-corrected chi connectivity index (χ3v) is 4.42. The number of amides is 3. The summed E-state index contributed by atoms with van der Waals surface area (Å²) in [4.78, 5) is 31.5. The van der Waals surface area contributed by atoms with Crippen molar-refractivity contribution >= 4 is 28.9 Å². The van der Waals surface area contributed by atoms with Gasteiger partial charge in [-0.25, -0.2) is 9.78 Å². The molecule has 0 unspecified atom stereocenters. The SMILES string of the molecule is CC(C)C[C@H](NC(=O)N1CCn2c1nc1ccccc12)C(=O)NC(C)C. The van der Waals surface area contributed by atoms with Crippen molar-refractivity contribution in [2.75, 3.05) is 11.4 Å². The van der Waals surface area contributed by atoms with Crippen molar-refractivity contribution in [3.05, 3.63) is 24.3 Å². The Hall–Kier alpha value is -2.57. The zero-order valence-corrected chi connectivity index (χ0v) is 15.8. The van der Waals surface area contributed by atoms with Gasteiger partial charge in [0, 0.05) is 19.1 Å². The molecule has 7 heteroatoms. The lowest BCUT2D eigenvalue weighted by Gasteiger charge is -2.24. The van der Waals surface area contributed by atoms with Crippen molar-refractivity contribution in [1.29, 1.82) is 0 Å². The number of fused-ring (bicyclic) bond motifs is 3. The van der Waals surface area contributed by atoms with E-state index in [1.54, 1.807) is 4.90 Å². The van der Waals surface area contributed by atoms with Gasteiger partial charge < -0.3 is 15.2 Å². The van der Waals surface area contributed by atoms with Crippen LogP contribution in [0.2, 0.25) is 0 Å². The van der Waals surface area contributed by atoms with Gasteiger partial charge in [0.05, 0.1) is 11.0 Å². The van der Waals surface area contributed by atoms with Crippen LogP contribution in [0.5, 0.6) is 0 Å². The van der Waals surface area contributed by atoms with Crippen LogP contribution in [0.3, 0.4) is 0 Å². The van der Waals surface area contributed by atoms with E-state index in [4.69, 9.17) is 0 Å². The summed E-state index contributed by atoms with van der Waals surface area (Å²) < 4.78 is 2.04. The van der Waals surface area contributed by atoms with Crippen LogP contribution in [0.1, 0.15) is 34.1 Å². The zero-order valence-electron chi connectivity index (χ0n) is 15.8. The average Bonchev–Trinajstić information content (AvgIpc) is 3.11. The first kappa shape index (κ1) is 18.2. The lowest BCUT2D eigenvalue weighted by atomic mass is 10.0. The number of para-hydroxylation sites is 2. The van der Waals surface area contributed by atoms with E-state index >= 15 is 0 Å². The smallest absolute Gasteiger partial charge is 0.324 e. The molecule has 26 heavy (non-hydrogen) atoms. The van der Waals surface area contributed by atoms with Crippen molar-refractivity contribution in [1.82, 2.24) is 20.2 Å². The summed E-state index contributed by atoms with van der Waals surface area (Å²) in [6, 6.07) is 7.05. The fourth-order valence-corrected chi connectivity index (χ4v) is 3.30. The third-order valence-electron chi connectivity index (χ3n) is 4.42. The highest BCUT2D eigenvalue weighted by Crippen LogP contribution is 2.27. The van der Waals surface area contributed by atoms with Gasteiger partial charge in [0.25, 0.3) is 0 Å². The summed E-state index contributed by atoms with van der Waals surface area (Å²) >= 11 is 0. The second-order valence-electron chi connectivity index (χ2n) is 7.50. The Morgan fingerprint density at radius 1 is 1.12 bits per heavy atom. The minimum absolute atomic E-state index is 0.0325. The highest BCUT2D eigenvalue weighted by atomic mass is 16.2. The van der Waals surface area contributed by atoms with Crippen molar-refractivity contribution in [3.8, 4) is 0 Å². The fraction of sp³-hybridized carbons (Fsp3) is 0.526. The molecule has 2 heterocycles. The Balaban J connectivity index is 1.77. The minimum atomic E-state index is -0.552. The van der Waals surface area contributed by atoms with Gasteiger partial charge in [-0.05, 0) is 38.3 Å². The second kappa shape index (κ2) is 7.35. The van der Waals surface area contributed by atoms with E-state index < -0.39 is 6.04 Å². The van der Waals surface area contributed by atoms with Crippen LogP contribution < -0.4 is 15.5 Å². The molecule has 0 spiro atoms. The predicted octanol–water partition coefficient (Wildman–Crippen LogP) is 2.51. The van der Waals surface area contributed by atoms with Gasteiger partial charge in [0.15, 0.2) is 0 Å². The number of carbonyl (C=O) groups excluding carboxylic acids is 2. The van der Waals surface area contributed by atoms with Gasteiger partial charge in [0.2, 0.25) is 11.9 Å². The lowest BCUT2D eigenvalue weighted by Crippen LogP contribution is -2.52. The molecule has 0 aliphatic carbocycles. The molecule has 0 saturated carbocycles. The zero-order chi connectivity index (χ0) is 18.8. The largest absolute Gasteiger partial charge is 0.352 e. The van der Waals surface area contributed by atoms with Crippen LogP contribution in [0, 0.1) is 5.92 Å². The molecule has 1 atom stereocenters. The number of carbonyl (C=O) groups is 2. The maximum absolute atomic E-state index is 12.8. The molecule has 3 rings (SSSR count). The summed E-state index contributed by atoms with van der Waals surface area (Å²) in [5, 5.41) is 5.79. The van der Waals surface area contributed by atoms with E-state index in [1.807, 2.05) is 56.5 Å². The van der Waals surface area contributed by atoms with Gasteiger partial charge in [-0.1, -0.05) is 26.0 Å². The molecular weight excluding hydrogens is 330 g/mol. The van der Waals surface area contributed by atoms with Crippen molar-refractivity contribution in [2.24, 2.45) is 5.92 Å². The number of nitrogens with one attached hydrogen (secondary N) is 2. The molecule has 1 aromatic heterocycles. The van der Waals surface area contributed by atoms with Gasteiger partial charge in [-0.15, -0.1) is 0 Å². The lowest BCUT2D eigenvalue weighted by molar-refractivity contribution is -0.123. The Morgan fingerprint density at radius 3 is 2.54 bits per heavy atom. The number of imidazole rings is 1. The molecule has 1 aromatic carbocycles. The Morgan fingerprint density at radius 2 is 1.85 bits per heavy atom. The number of aromatic nitrogens is 2. The van der Waals surface area contributed by atoms with Crippen LogP contribution in [-0.4, -0.2) is 40.1 Å². The van der Waals surface area contributed by atoms with E-state index in [0.717, 1.165) is 11.0 Å². The van der Waals surface area contributed by atoms with Gasteiger partial charge in [-0.3, -0.25) is 9.69 Å². The van der Waals surface area contributed by atoms with E-state index in [1.165, 1.54) is 0 Å². The number of rotatable bonds is 5. The second-order valence-corrected chi connectivity index (χ2v) is 7.50. The molecule has 0 radical (unpaired) electrons. The standard InChI is InChI=1S/C19H27N5O2/c1-12(2)11-15(17(25)20-13(3)4)22-19(26)24-10-9-23-16-8-6-5-7-14(16)21-18(23)24/h5-8,12-13,15H,9-11H2,1-4H3,(H,20,25)(H,22,26)/t15-/m0/s1. The molecule has 7 nitrogen and oxygen atoms in total. The normalized spacial score (nSPS) is 14.8. The van der Waals surface area contributed by atoms with E-state index in [-0.39, 0.29) is 18.0 Å². The molecule has 1 aliphatic heterocycles. The number of urea groups is 1. The quantitative estimate of drug-likeness (QED) is 0.863. The maximum Gasteiger partial charge on any atom is 0.324 e. The summed E-state index contributed by atoms with van der Waals surface area (Å²) in [5.41, 5.74) is 1.89. The van der Waals surface area contributed by atoms with Crippen LogP contribution in [0.15, 0.2) is 24.3 Å². The first-order valence-electron chi connectivity index (χ1n) is 9.20. The van der Waals surface area contributed by atoms with Crippen molar-refractivity contribution < 1.29 is 9.59 Å². The first-order valence-corrected chi connectivity index (χ1v) is 9.20. The van der Waals surface area contributed by atoms with Gasteiger partial charge in [0.1, 0.15) is 6.04 Å². The number of benzene rings is 1. The highest BCUT2D eigenvalue weighted by molar-refractivity contribution is 5.96. The molecule has 3 amide bonds. The molecule has 0 saturated heterocycles. The van der Waals surface area contributed by atoms with Crippen molar-refractivity contribution in [2.45, 2.75) is 52.7 Å². The number of hydrogen-bond donors (Lipinski definition) is 2. The topological polar surface area (TPSA) is 79.3 Å². The van der Waals surface area contributed by atoms with Crippen LogP contribution in [0.4, 0.5) is 10.7 Å². The molecule has 2 aromatic rings. The van der Waals surface area contributed by atoms with Gasteiger partial charge >= 0.3 is 6.03 Å².